The van der Waals surface area contributed by atoms with Gasteiger partial charge in [0.1, 0.15) is 6.54 Å². The first-order valence-electron chi connectivity index (χ1n) is 7.34. The second-order valence-corrected chi connectivity index (χ2v) is 5.83. The molecule has 1 N–H and O–H groups in total. The highest BCUT2D eigenvalue weighted by Crippen LogP contribution is 2.17. The number of benzene rings is 1. The van der Waals surface area contributed by atoms with Crippen LogP contribution in [0.5, 0.6) is 0 Å². The van der Waals surface area contributed by atoms with Crippen molar-refractivity contribution in [2.45, 2.75) is 45.1 Å². The van der Waals surface area contributed by atoms with Gasteiger partial charge in [-0.25, -0.2) is 0 Å². The Bertz CT molecular complexity index is 427. The van der Waals surface area contributed by atoms with Crippen molar-refractivity contribution in [3.05, 3.63) is 34.9 Å². The summed E-state index contributed by atoms with van der Waals surface area (Å²) in [6, 6.07) is 8.03. The van der Waals surface area contributed by atoms with E-state index >= 15 is 0 Å². The smallest absolute Gasteiger partial charge is 0.218 e. The predicted molar refractivity (Wildman–Crippen MR) is 79.0 cm³/mol. The highest BCUT2D eigenvalue weighted by atomic mass is 35.5. The summed E-state index contributed by atoms with van der Waals surface area (Å²) in [6.45, 7) is 3.76. The highest BCUT2D eigenvalue weighted by Gasteiger charge is 2.26. The molecular formula is C16H23ClNO+. The number of hydrogen-bond donors (Lipinski definition) is 1. The number of quaternary nitrogens is 1. The van der Waals surface area contributed by atoms with Gasteiger partial charge in [-0.1, -0.05) is 30.2 Å². The number of ketones is 1. The summed E-state index contributed by atoms with van der Waals surface area (Å²) in [5.74, 6) is 0.174. The summed E-state index contributed by atoms with van der Waals surface area (Å²) in [5, 5.41) is 0.576. The Kier molecular flexibility index (Phi) is 5.41. The van der Waals surface area contributed by atoms with E-state index in [0.29, 0.717) is 23.2 Å². The zero-order valence-electron chi connectivity index (χ0n) is 11.6. The molecule has 1 saturated carbocycles. The molecular weight excluding hydrogens is 258 g/mol. The van der Waals surface area contributed by atoms with Gasteiger partial charge in [-0.15, -0.1) is 0 Å². The van der Waals surface area contributed by atoms with Crippen molar-refractivity contribution in [1.29, 1.82) is 0 Å². The van der Waals surface area contributed by atoms with Crippen LogP contribution < -0.4 is 4.90 Å². The molecule has 1 fully saturated rings. The summed E-state index contributed by atoms with van der Waals surface area (Å²) in [5.41, 5.74) is 0.672. The maximum absolute atomic E-state index is 12.4. The lowest BCUT2D eigenvalue weighted by atomic mass is 9.94. The second-order valence-electron chi connectivity index (χ2n) is 5.43. The Morgan fingerprint density at radius 2 is 1.95 bits per heavy atom. The van der Waals surface area contributed by atoms with Gasteiger partial charge < -0.3 is 4.90 Å². The van der Waals surface area contributed by atoms with Crippen LogP contribution in [-0.4, -0.2) is 24.9 Å². The minimum Gasteiger partial charge on any atom is -0.326 e. The number of halogens is 1. The quantitative estimate of drug-likeness (QED) is 0.823. The largest absolute Gasteiger partial charge is 0.326 e. The van der Waals surface area contributed by atoms with E-state index in [0.717, 1.165) is 6.54 Å². The van der Waals surface area contributed by atoms with Crippen LogP contribution >= 0.6 is 11.6 Å². The molecule has 3 heteroatoms. The molecule has 19 heavy (non-hydrogen) atoms. The third kappa shape index (κ3) is 3.80. The van der Waals surface area contributed by atoms with E-state index in [1.54, 1.807) is 6.07 Å². The second kappa shape index (κ2) is 7.06. The zero-order chi connectivity index (χ0) is 13.7. The number of nitrogens with one attached hydrogen (secondary N) is 1. The normalized spacial score (nSPS) is 18.2. The number of likely N-dealkylation sites (N-methyl/N-ethyl adjacent to an activating group) is 1. The van der Waals surface area contributed by atoms with Crippen molar-refractivity contribution in [2.24, 2.45) is 0 Å². The minimum atomic E-state index is 0.174. The number of Topliss-reactive ketones (excluding diaryl/α,β-unsaturated/α-hetero) is 1. The first kappa shape index (κ1) is 14.5. The molecule has 1 aliphatic rings. The third-order valence-corrected chi connectivity index (χ3v) is 4.53. The van der Waals surface area contributed by atoms with E-state index in [1.165, 1.54) is 37.0 Å². The molecule has 0 spiro atoms. The van der Waals surface area contributed by atoms with Crippen molar-refractivity contribution in [3.63, 3.8) is 0 Å². The lowest BCUT2D eigenvalue weighted by Gasteiger charge is -2.30. The van der Waals surface area contributed by atoms with Crippen molar-refractivity contribution in [3.8, 4) is 0 Å². The molecule has 1 aromatic carbocycles. The lowest BCUT2D eigenvalue weighted by Crippen LogP contribution is -3.16. The van der Waals surface area contributed by atoms with Gasteiger partial charge in [0.2, 0.25) is 5.78 Å². The zero-order valence-corrected chi connectivity index (χ0v) is 12.4. The van der Waals surface area contributed by atoms with E-state index in [2.05, 4.69) is 6.92 Å². The summed E-state index contributed by atoms with van der Waals surface area (Å²) in [4.78, 5) is 13.8. The fourth-order valence-corrected chi connectivity index (χ4v) is 3.30. The lowest BCUT2D eigenvalue weighted by molar-refractivity contribution is -0.917. The van der Waals surface area contributed by atoms with Crippen LogP contribution in [0.4, 0.5) is 0 Å². The third-order valence-electron chi connectivity index (χ3n) is 4.20. The van der Waals surface area contributed by atoms with E-state index in [-0.39, 0.29) is 5.78 Å². The van der Waals surface area contributed by atoms with Gasteiger partial charge in [-0.3, -0.25) is 4.79 Å². The van der Waals surface area contributed by atoms with Crippen molar-refractivity contribution in [2.75, 3.05) is 13.1 Å². The fraction of sp³-hybridized carbons (Fsp3) is 0.562. The van der Waals surface area contributed by atoms with Gasteiger partial charge >= 0.3 is 0 Å². The van der Waals surface area contributed by atoms with Crippen LogP contribution in [0.3, 0.4) is 0 Å². The summed E-state index contributed by atoms with van der Waals surface area (Å²) in [7, 11) is 0. The molecule has 0 radical (unpaired) electrons. The van der Waals surface area contributed by atoms with E-state index < -0.39 is 0 Å². The maximum atomic E-state index is 12.4. The molecule has 1 aliphatic carbocycles. The Labute approximate surface area is 120 Å². The van der Waals surface area contributed by atoms with Crippen molar-refractivity contribution < 1.29 is 9.69 Å². The highest BCUT2D eigenvalue weighted by molar-refractivity contribution is 6.34. The first-order valence-corrected chi connectivity index (χ1v) is 7.72. The summed E-state index contributed by atoms with van der Waals surface area (Å²) >= 11 is 6.10. The van der Waals surface area contributed by atoms with Gasteiger partial charge in [0.05, 0.1) is 17.6 Å². The Morgan fingerprint density at radius 3 is 2.58 bits per heavy atom. The molecule has 0 aliphatic heterocycles. The Hall–Kier alpha value is -0.860. The van der Waals surface area contributed by atoms with Crippen LogP contribution in [0.25, 0.3) is 0 Å². The summed E-state index contributed by atoms with van der Waals surface area (Å²) in [6.07, 6.45) is 6.51. The SMILES string of the molecule is CC[NH+](CC(=O)c1ccccc1Cl)C1CCCCC1. The van der Waals surface area contributed by atoms with Gasteiger partial charge in [0, 0.05) is 5.56 Å². The van der Waals surface area contributed by atoms with Crippen molar-refractivity contribution >= 4 is 17.4 Å². The number of hydrogen-bond acceptors (Lipinski definition) is 1. The van der Waals surface area contributed by atoms with Gasteiger partial charge in [0.15, 0.2) is 0 Å². The minimum absolute atomic E-state index is 0.174. The van der Waals surface area contributed by atoms with Crippen LogP contribution in [0, 0.1) is 0 Å². The molecule has 104 valence electrons. The Morgan fingerprint density at radius 1 is 1.26 bits per heavy atom. The fourth-order valence-electron chi connectivity index (χ4n) is 3.06. The molecule has 0 amide bonds. The summed E-state index contributed by atoms with van der Waals surface area (Å²) < 4.78 is 0. The average molecular weight is 281 g/mol. The molecule has 1 aromatic rings. The molecule has 0 saturated heterocycles. The average Bonchev–Trinajstić information content (AvgIpc) is 2.46. The molecule has 0 aromatic heterocycles. The van der Waals surface area contributed by atoms with Crippen LogP contribution in [-0.2, 0) is 0 Å². The monoisotopic (exact) mass is 280 g/mol. The van der Waals surface area contributed by atoms with Crippen LogP contribution in [0.15, 0.2) is 24.3 Å². The first-order chi connectivity index (χ1) is 9.22. The predicted octanol–water partition coefficient (Wildman–Crippen LogP) is 2.76. The van der Waals surface area contributed by atoms with E-state index in [9.17, 15) is 4.79 Å². The molecule has 2 nitrogen and oxygen atoms in total. The van der Waals surface area contributed by atoms with Gasteiger partial charge in [-0.05, 0) is 44.7 Å². The van der Waals surface area contributed by atoms with Gasteiger partial charge in [0.25, 0.3) is 0 Å². The number of rotatable bonds is 5. The van der Waals surface area contributed by atoms with E-state index in [4.69, 9.17) is 11.6 Å². The van der Waals surface area contributed by atoms with Gasteiger partial charge in [-0.2, -0.15) is 0 Å². The van der Waals surface area contributed by atoms with Crippen LogP contribution in [0.2, 0.25) is 5.02 Å². The molecule has 1 unspecified atom stereocenters. The number of carbonyl (C=O) groups excluding carboxylic acids is 1. The maximum Gasteiger partial charge on any atom is 0.218 e. The molecule has 0 bridgehead atoms. The molecule has 0 heterocycles. The molecule has 2 rings (SSSR count). The molecule has 1 atom stereocenters. The standard InChI is InChI=1S/C16H22ClNO/c1-2-18(13-8-4-3-5-9-13)12-16(19)14-10-6-7-11-15(14)17/h6-7,10-11,13H,2-5,8-9,12H2,1H3/p+1. The Balaban J connectivity index is 2.01. The topological polar surface area (TPSA) is 21.5 Å². The van der Waals surface area contributed by atoms with E-state index in [1.807, 2.05) is 18.2 Å². The van der Waals surface area contributed by atoms with Crippen molar-refractivity contribution in [1.82, 2.24) is 0 Å². The van der Waals surface area contributed by atoms with Crippen LogP contribution in [0.1, 0.15) is 49.4 Å². The number of carbonyl (C=O) groups is 1.